The van der Waals surface area contributed by atoms with Crippen molar-refractivity contribution in [3.05, 3.63) is 101 Å². The van der Waals surface area contributed by atoms with Crippen molar-refractivity contribution in [3.63, 3.8) is 0 Å². The zero-order valence-corrected chi connectivity index (χ0v) is 17.7. The average molecular weight is 400 g/mol. The third kappa shape index (κ3) is 4.57. The van der Waals surface area contributed by atoms with Crippen molar-refractivity contribution in [3.8, 4) is 16.3 Å². The molecule has 0 fully saturated rings. The van der Waals surface area contributed by atoms with Crippen molar-refractivity contribution in [1.29, 1.82) is 0 Å². The van der Waals surface area contributed by atoms with Crippen LogP contribution in [0.15, 0.2) is 89.4 Å². The molecular formula is C26H25NOS. The van der Waals surface area contributed by atoms with Crippen LogP contribution in [-0.2, 0) is 6.42 Å². The summed E-state index contributed by atoms with van der Waals surface area (Å²) in [5.41, 5.74) is 7.70. The van der Waals surface area contributed by atoms with Crippen LogP contribution >= 0.6 is 11.3 Å². The van der Waals surface area contributed by atoms with Crippen molar-refractivity contribution in [2.45, 2.75) is 26.2 Å². The van der Waals surface area contributed by atoms with Crippen LogP contribution in [0.4, 0.5) is 0 Å². The molecule has 0 aliphatic heterocycles. The average Bonchev–Trinajstić information content (AvgIpc) is 3.17. The van der Waals surface area contributed by atoms with Crippen LogP contribution in [0.5, 0.6) is 5.75 Å². The molecule has 2 aromatic carbocycles. The number of nitrogens with zero attached hydrogens (tertiary/aromatic N) is 1. The lowest BCUT2D eigenvalue weighted by molar-refractivity contribution is 0.414. The van der Waals surface area contributed by atoms with E-state index in [9.17, 15) is 0 Å². The molecule has 3 heteroatoms. The van der Waals surface area contributed by atoms with Gasteiger partial charge in [-0.1, -0.05) is 60.7 Å². The van der Waals surface area contributed by atoms with Gasteiger partial charge in [0.05, 0.1) is 12.8 Å². The summed E-state index contributed by atoms with van der Waals surface area (Å²) < 4.78 is 5.42. The summed E-state index contributed by atoms with van der Waals surface area (Å²) in [4.78, 5) is 4.85. The molecule has 146 valence electrons. The summed E-state index contributed by atoms with van der Waals surface area (Å²) in [5.74, 6) is 0.900. The predicted octanol–water partition coefficient (Wildman–Crippen LogP) is 7.11. The number of methoxy groups -OCH3 is 1. The monoisotopic (exact) mass is 399 g/mol. The van der Waals surface area contributed by atoms with Crippen molar-refractivity contribution in [2.24, 2.45) is 0 Å². The summed E-state index contributed by atoms with van der Waals surface area (Å²) in [7, 11) is 1.72. The molecule has 1 heterocycles. The van der Waals surface area contributed by atoms with Crippen molar-refractivity contribution in [1.82, 2.24) is 4.98 Å². The number of aryl methyl sites for hydroxylation is 1. The van der Waals surface area contributed by atoms with Gasteiger partial charge in [0.2, 0.25) is 0 Å². The fraction of sp³-hybridized carbons (Fsp3) is 0.192. The smallest absolute Gasteiger partial charge is 0.123 e. The van der Waals surface area contributed by atoms with Crippen molar-refractivity contribution < 1.29 is 4.74 Å². The molecule has 1 aliphatic carbocycles. The Morgan fingerprint density at radius 2 is 1.83 bits per heavy atom. The molecule has 0 saturated heterocycles. The second-order valence-electron chi connectivity index (χ2n) is 7.17. The number of hydrogen-bond donors (Lipinski definition) is 0. The molecule has 2 nitrogen and oxygen atoms in total. The second kappa shape index (κ2) is 9.06. The molecule has 0 spiro atoms. The van der Waals surface area contributed by atoms with Gasteiger partial charge in [0.1, 0.15) is 10.8 Å². The maximum atomic E-state index is 5.42. The Kier molecular flexibility index (Phi) is 6.06. The molecule has 0 unspecified atom stereocenters. The number of benzene rings is 2. The van der Waals surface area contributed by atoms with Gasteiger partial charge in [-0.25, -0.2) is 4.98 Å². The molecule has 0 saturated carbocycles. The largest absolute Gasteiger partial charge is 0.497 e. The van der Waals surface area contributed by atoms with E-state index in [0.29, 0.717) is 0 Å². The topological polar surface area (TPSA) is 22.1 Å². The first-order valence-electron chi connectivity index (χ1n) is 9.94. The third-order valence-electron chi connectivity index (χ3n) is 5.33. The minimum atomic E-state index is 0.900. The molecule has 3 aromatic rings. The predicted molar refractivity (Wildman–Crippen MR) is 123 cm³/mol. The molecule has 0 bridgehead atoms. The van der Waals surface area contributed by atoms with E-state index in [-0.39, 0.29) is 0 Å². The van der Waals surface area contributed by atoms with E-state index in [1.54, 1.807) is 18.4 Å². The van der Waals surface area contributed by atoms with Gasteiger partial charge in [-0.15, -0.1) is 11.3 Å². The van der Waals surface area contributed by atoms with Gasteiger partial charge < -0.3 is 4.74 Å². The van der Waals surface area contributed by atoms with E-state index >= 15 is 0 Å². The fourth-order valence-electron chi connectivity index (χ4n) is 3.66. The maximum Gasteiger partial charge on any atom is 0.123 e. The van der Waals surface area contributed by atoms with E-state index in [0.717, 1.165) is 30.0 Å². The molecule has 4 rings (SSSR count). The first-order chi connectivity index (χ1) is 14.2. The molecule has 1 aliphatic rings. The Morgan fingerprint density at radius 3 is 2.66 bits per heavy atom. The molecule has 29 heavy (non-hydrogen) atoms. The van der Waals surface area contributed by atoms with Crippen molar-refractivity contribution >= 4 is 16.9 Å². The van der Waals surface area contributed by atoms with Gasteiger partial charge in [-0.3, -0.25) is 0 Å². The van der Waals surface area contributed by atoms with E-state index in [1.807, 2.05) is 12.1 Å². The van der Waals surface area contributed by atoms with Crippen LogP contribution < -0.4 is 4.74 Å². The SMILES string of the molecule is COc1cccc(C2=C(C)C(CCc3csc(-c4ccccc4)n3)=CC=CC2)c1. The summed E-state index contributed by atoms with van der Waals surface area (Å²) in [5, 5.41) is 3.29. The highest BCUT2D eigenvalue weighted by Crippen LogP contribution is 2.33. The molecule has 0 atom stereocenters. The molecular weight excluding hydrogens is 374 g/mol. The van der Waals surface area contributed by atoms with Crippen LogP contribution in [0.3, 0.4) is 0 Å². The Labute approximate surface area is 176 Å². The second-order valence-corrected chi connectivity index (χ2v) is 8.03. The zero-order valence-electron chi connectivity index (χ0n) is 16.9. The van der Waals surface area contributed by atoms with Crippen LogP contribution in [0.2, 0.25) is 0 Å². The number of aromatic nitrogens is 1. The third-order valence-corrected chi connectivity index (χ3v) is 6.27. The van der Waals surface area contributed by atoms with Gasteiger partial charge in [0.25, 0.3) is 0 Å². The highest BCUT2D eigenvalue weighted by Gasteiger charge is 2.13. The molecule has 0 amide bonds. The van der Waals surface area contributed by atoms with Crippen molar-refractivity contribution in [2.75, 3.05) is 7.11 Å². The first kappa shape index (κ1) is 19.4. The molecule has 0 N–H and O–H groups in total. The fourth-order valence-corrected chi connectivity index (χ4v) is 4.52. The number of rotatable bonds is 6. The molecule has 0 radical (unpaired) electrons. The number of ether oxygens (including phenoxy) is 1. The van der Waals surface area contributed by atoms with Gasteiger partial charge >= 0.3 is 0 Å². The summed E-state index contributed by atoms with van der Waals surface area (Å²) in [6.45, 7) is 2.24. The summed E-state index contributed by atoms with van der Waals surface area (Å²) >= 11 is 1.73. The molecule has 1 aromatic heterocycles. The van der Waals surface area contributed by atoms with Gasteiger partial charge in [0.15, 0.2) is 0 Å². The summed E-state index contributed by atoms with van der Waals surface area (Å²) in [6, 6.07) is 18.8. The maximum absolute atomic E-state index is 5.42. The Hall–Kier alpha value is -2.91. The van der Waals surface area contributed by atoms with Gasteiger partial charge in [-0.2, -0.15) is 0 Å². The normalized spacial score (nSPS) is 13.9. The lowest BCUT2D eigenvalue weighted by Gasteiger charge is -2.14. The van der Waals surface area contributed by atoms with E-state index in [4.69, 9.17) is 9.72 Å². The number of allylic oxidation sites excluding steroid dienone is 6. The van der Waals surface area contributed by atoms with Gasteiger partial charge in [-0.05, 0) is 60.6 Å². The van der Waals surface area contributed by atoms with E-state index < -0.39 is 0 Å². The first-order valence-corrected chi connectivity index (χ1v) is 10.8. The zero-order chi connectivity index (χ0) is 20.1. The van der Waals surface area contributed by atoms with Crippen LogP contribution in [-0.4, -0.2) is 12.1 Å². The Morgan fingerprint density at radius 1 is 1.00 bits per heavy atom. The minimum absolute atomic E-state index is 0.900. The Bertz CT molecular complexity index is 1070. The highest BCUT2D eigenvalue weighted by molar-refractivity contribution is 7.13. The van der Waals surface area contributed by atoms with Gasteiger partial charge in [0, 0.05) is 10.9 Å². The minimum Gasteiger partial charge on any atom is -0.497 e. The quantitative estimate of drug-likeness (QED) is 0.440. The van der Waals surface area contributed by atoms with Crippen LogP contribution in [0, 0.1) is 0 Å². The number of hydrogen-bond acceptors (Lipinski definition) is 3. The van der Waals surface area contributed by atoms with Crippen LogP contribution in [0.1, 0.15) is 31.0 Å². The number of thiazole rings is 1. The Balaban J connectivity index is 1.53. The lowest BCUT2D eigenvalue weighted by atomic mass is 9.92. The van der Waals surface area contributed by atoms with E-state index in [1.165, 1.54) is 33.5 Å². The summed E-state index contributed by atoms with van der Waals surface area (Å²) in [6.07, 6.45) is 9.55. The van der Waals surface area contributed by atoms with Crippen LogP contribution in [0.25, 0.3) is 16.1 Å². The standard InChI is InChI=1S/C26H25NOS/c1-19-20(9-6-7-14-25(19)22-12-8-13-24(17-22)28-2)15-16-23-18-29-26(27-23)21-10-4-3-5-11-21/h3-13,17-18H,14-16H2,1-2H3. The van der Waals surface area contributed by atoms with E-state index in [2.05, 4.69) is 73.0 Å². The highest BCUT2D eigenvalue weighted by atomic mass is 32.1. The lowest BCUT2D eigenvalue weighted by Crippen LogP contribution is -1.96.